The molecule has 0 aliphatic carbocycles. The Morgan fingerprint density at radius 3 is 2.19 bits per heavy atom. The van der Waals surface area contributed by atoms with Gasteiger partial charge in [0.1, 0.15) is 24.3 Å². The van der Waals surface area contributed by atoms with Gasteiger partial charge >= 0.3 is 12.1 Å². The van der Waals surface area contributed by atoms with Crippen molar-refractivity contribution in [2.24, 2.45) is 11.8 Å². The summed E-state index contributed by atoms with van der Waals surface area (Å²) in [5, 5.41) is 5.84. The summed E-state index contributed by atoms with van der Waals surface area (Å²) in [6.45, 7) is 14.5. The van der Waals surface area contributed by atoms with E-state index in [0.717, 1.165) is 5.56 Å². The van der Waals surface area contributed by atoms with Crippen LogP contribution in [0.2, 0.25) is 0 Å². The second-order valence-electron chi connectivity index (χ2n) is 11.0. The summed E-state index contributed by atoms with van der Waals surface area (Å²) in [7, 11) is 0. The van der Waals surface area contributed by atoms with Crippen molar-refractivity contribution in [2.75, 3.05) is 0 Å². The SMILES string of the molecule is CC(C)[C@H](NC(=O)OCc1ccccc1)C(=O)N1C(=O)C[C@H](N[C@@H](C)C(=O)OC(C)(C)C)[C@@H]1C(C)C. The van der Waals surface area contributed by atoms with Gasteiger partial charge in [-0.2, -0.15) is 0 Å². The normalized spacial score (nSPS) is 19.8. The van der Waals surface area contributed by atoms with Crippen LogP contribution in [0.1, 0.15) is 67.4 Å². The smallest absolute Gasteiger partial charge is 0.408 e. The maximum absolute atomic E-state index is 13.6. The molecule has 0 saturated carbocycles. The van der Waals surface area contributed by atoms with Crippen molar-refractivity contribution in [2.45, 2.75) is 98.2 Å². The molecule has 0 unspecified atom stereocenters. The predicted octanol–water partition coefficient (Wildman–Crippen LogP) is 3.41. The molecule has 9 nitrogen and oxygen atoms in total. The number of nitrogens with zero attached hydrogens (tertiary/aromatic N) is 1. The van der Waals surface area contributed by atoms with Crippen LogP contribution in [-0.2, 0) is 30.5 Å². The van der Waals surface area contributed by atoms with Crippen LogP contribution in [0.25, 0.3) is 0 Å². The Kier molecular flexibility index (Phi) is 10.0. The van der Waals surface area contributed by atoms with E-state index < -0.39 is 47.7 Å². The zero-order valence-corrected chi connectivity index (χ0v) is 22.7. The van der Waals surface area contributed by atoms with E-state index in [9.17, 15) is 19.2 Å². The molecule has 0 bridgehead atoms. The number of amides is 3. The Morgan fingerprint density at radius 1 is 1.06 bits per heavy atom. The second-order valence-corrected chi connectivity index (χ2v) is 11.0. The maximum atomic E-state index is 13.6. The van der Waals surface area contributed by atoms with E-state index in [1.807, 2.05) is 44.2 Å². The van der Waals surface area contributed by atoms with Crippen LogP contribution in [0, 0.1) is 11.8 Å². The van der Waals surface area contributed by atoms with Crippen molar-refractivity contribution in [1.29, 1.82) is 0 Å². The molecule has 2 N–H and O–H groups in total. The number of carbonyl (C=O) groups excluding carboxylic acids is 4. The summed E-state index contributed by atoms with van der Waals surface area (Å²) >= 11 is 0. The first-order valence-electron chi connectivity index (χ1n) is 12.5. The molecule has 1 aliphatic heterocycles. The Bertz CT molecular complexity index is 925. The molecule has 1 saturated heterocycles. The summed E-state index contributed by atoms with van der Waals surface area (Å²) in [5.41, 5.74) is 0.186. The standard InChI is InChI=1S/C27H41N3O6/c1-16(2)22(29-26(34)35-15-19-12-10-9-11-13-19)24(32)30-21(31)14-20(23(30)17(3)4)28-18(5)25(33)36-27(6,7)8/h9-13,16-18,20,22-23,28H,14-15H2,1-8H3,(H,29,34)/t18-,20-,22-,23-/m0/s1. The van der Waals surface area contributed by atoms with Crippen LogP contribution < -0.4 is 10.6 Å². The number of imide groups is 1. The molecule has 1 aromatic carbocycles. The minimum absolute atomic E-state index is 0.0605. The number of likely N-dealkylation sites (tertiary alicyclic amines) is 1. The number of nitrogens with one attached hydrogen (secondary N) is 2. The first-order chi connectivity index (χ1) is 16.7. The van der Waals surface area contributed by atoms with Crippen molar-refractivity contribution in [3.05, 3.63) is 35.9 Å². The van der Waals surface area contributed by atoms with Gasteiger partial charge in [-0.3, -0.25) is 24.6 Å². The highest BCUT2D eigenvalue weighted by Gasteiger charge is 2.47. The largest absolute Gasteiger partial charge is 0.459 e. The zero-order chi connectivity index (χ0) is 27.2. The molecule has 0 radical (unpaired) electrons. The van der Waals surface area contributed by atoms with Gasteiger partial charge in [-0.25, -0.2) is 4.79 Å². The molecule has 1 aliphatic rings. The molecule has 4 atom stereocenters. The van der Waals surface area contributed by atoms with Crippen molar-refractivity contribution < 1.29 is 28.7 Å². The Morgan fingerprint density at radius 2 is 1.67 bits per heavy atom. The van der Waals surface area contributed by atoms with E-state index in [1.54, 1.807) is 41.5 Å². The van der Waals surface area contributed by atoms with Crippen molar-refractivity contribution in [3.8, 4) is 0 Å². The van der Waals surface area contributed by atoms with E-state index >= 15 is 0 Å². The van der Waals surface area contributed by atoms with Gasteiger partial charge in [-0.1, -0.05) is 58.0 Å². The number of esters is 1. The van der Waals surface area contributed by atoms with E-state index in [2.05, 4.69) is 10.6 Å². The topological polar surface area (TPSA) is 114 Å². The van der Waals surface area contributed by atoms with Gasteiger partial charge in [0.15, 0.2) is 0 Å². The number of hydrogen-bond donors (Lipinski definition) is 2. The fourth-order valence-electron chi connectivity index (χ4n) is 4.28. The summed E-state index contributed by atoms with van der Waals surface area (Å²) < 4.78 is 10.7. The lowest BCUT2D eigenvalue weighted by Gasteiger charge is -2.34. The first-order valence-corrected chi connectivity index (χ1v) is 12.5. The van der Waals surface area contributed by atoms with Gasteiger partial charge < -0.3 is 14.8 Å². The molecule has 1 fully saturated rings. The van der Waals surface area contributed by atoms with Gasteiger partial charge in [0, 0.05) is 12.5 Å². The maximum Gasteiger partial charge on any atom is 0.408 e. The summed E-state index contributed by atoms with van der Waals surface area (Å²) in [4.78, 5) is 52.9. The van der Waals surface area contributed by atoms with Gasteiger partial charge in [0.2, 0.25) is 5.91 Å². The van der Waals surface area contributed by atoms with Crippen LogP contribution in [0.5, 0.6) is 0 Å². The minimum Gasteiger partial charge on any atom is -0.459 e. The molecule has 200 valence electrons. The molecule has 3 amide bonds. The zero-order valence-electron chi connectivity index (χ0n) is 22.7. The van der Waals surface area contributed by atoms with E-state index in [-0.39, 0.29) is 30.8 Å². The van der Waals surface area contributed by atoms with Crippen LogP contribution in [0.15, 0.2) is 30.3 Å². The third-order valence-corrected chi connectivity index (χ3v) is 5.94. The predicted molar refractivity (Wildman–Crippen MR) is 136 cm³/mol. The highest BCUT2D eigenvalue weighted by molar-refractivity contribution is 6.01. The van der Waals surface area contributed by atoms with Crippen molar-refractivity contribution in [1.82, 2.24) is 15.5 Å². The van der Waals surface area contributed by atoms with E-state index in [4.69, 9.17) is 9.47 Å². The monoisotopic (exact) mass is 503 g/mol. The van der Waals surface area contributed by atoms with Gasteiger partial charge in [-0.15, -0.1) is 0 Å². The molecular weight excluding hydrogens is 462 g/mol. The average molecular weight is 504 g/mol. The Balaban J connectivity index is 2.13. The minimum atomic E-state index is -0.944. The highest BCUT2D eigenvalue weighted by Crippen LogP contribution is 2.28. The third kappa shape index (κ3) is 8.05. The number of alkyl carbamates (subject to hydrolysis) is 1. The van der Waals surface area contributed by atoms with Crippen LogP contribution in [0.3, 0.4) is 0 Å². The molecule has 0 spiro atoms. The summed E-state index contributed by atoms with van der Waals surface area (Å²) in [6, 6.07) is 6.70. The van der Waals surface area contributed by atoms with E-state index in [0.29, 0.717) is 0 Å². The quantitative estimate of drug-likeness (QED) is 0.497. The van der Waals surface area contributed by atoms with Gasteiger partial charge in [-0.05, 0) is 45.1 Å². The Labute approximate surface area is 214 Å². The molecule has 0 aromatic heterocycles. The molecule has 36 heavy (non-hydrogen) atoms. The number of benzene rings is 1. The molecule has 1 heterocycles. The summed E-state index contributed by atoms with van der Waals surface area (Å²) in [5.74, 6) is -1.63. The molecule has 9 heteroatoms. The molecular formula is C27H41N3O6. The van der Waals surface area contributed by atoms with Gasteiger partial charge in [0.25, 0.3) is 5.91 Å². The van der Waals surface area contributed by atoms with Crippen LogP contribution in [-0.4, -0.2) is 58.5 Å². The number of rotatable bonds is 9. The Hall–Kier alpha value is -2.94. The summed E-state index contributed by atoms with van der Waals surface area (Å²) in [6.07, 6.45) is -0.669. The number of carbonyl (C=O) groups is 4. The lowest BCUT2D eigenvalue weighted by Crippen LogP contribution is -2.57. The number of hydrogen-bond acceptors (Lipinski definition) is 7. The van der Waals surface area contributed by atoms with Gasteiger partial charge in [0.05, 0.1) is 6.04 Å². The first kappa shape index (κ1) is 29.3. The van der Waals surface area contributed by atoms with Crippen LogP contribution >= 0.6 is 0 Å². The van der Waals surface area contributed by atoms with E-state index in [1.165, 1.54) is 4.90 Å². The third-order valence-electron chi connectivity index (χ3n) is 5.94. The van der Waals surface area contributed by atoms with Crippen molar-refractivity contribution in [3.63, 3.8) is 0 Å². The fourth-order valence-corrected chi connectivity index (χ4v) is 4.28. The molecule has 2 rings (SSSR count). The average Bonchev–Trinajstić information content (AvgIpc) is 3.10. The molecule has 1 aromatic rings. The second kappa shape index (κ2) is 12.3. The number of ether oxygens (including phenoxy) is 2. The lowest BCUT2D eigenvalue weighted by molar-refractivity contribution is -0.157. The van der Waals surface area contributed by atoms with Crippen molar-refractivity contribution >= 4 is 23.9 Å². The fraction of sp³-hybridized carbons (Fsp3) is 0.630. The highest BCUT2D eigenvalue weighted by atomic mass is 16.6. The lowest BCUT2D eigenvalue weighted by atomic mass is 9.95. The van der Waals surface area contributed by atoms with Crippen LogP contribution in [0.4, 0.5) is 4.79 Å².